The molecule has 9 nitrogen and oxygen atoms in total. The number of anilines is 3. The summed E-state index contributed by atoms with van der Waals surface area (Å²) in [7, 11) is 2.89. The van der Waals surface area contributed by atoms with E-state index in [-0.39, 0.29) is 28.3 Å². The van der Waals surface area contributed by atoms with Crippen molar-refractivity contribution in [2.24, 2.45) is 7.05 Å². The molecule has 1 unspecified atom stereocenters. The fourth-order valence-electron chi connectivity index (χ4n) is 4.17. The van der Waals surface area contributed by atoms with E-state index in [1.165, 1.54) is 30.9 Å². The van der Waals surface area contributed by atoms with E-state index in [4.69, 9.17) is 0 Å². The van der Waals surface area contributed by atoms with Crippen LogP contribution in [-0.2, 0) is 18.2 Å². The molecule has 1 fully saturated rings. The number of aryl methyl sites for hydroxylation is 2. The van der Waals surface area contributed by atoms with Gasteiger partial charge in [-0.2, -0.15) is 9.49 Å². The van der Waals surface area contributed by atoms with Crippen molar-refractivity contribution in [2.75, 3.05) is 17.1 Å². The third-order valence-electron chi connectivity index (χ3n) is 6.20. The molecule has 0 spiro atoms. The van der Waals surface area contributed by atoms with E-state index in [1.807, 2.05) is 0 Å². The second kappa shape index (κ2) is 9.52. The third kappa shape index (κ3) is 4.53. The molecular weight excluding hydrogens is 502 g/mol. The molecule has 37 heavy (non-hydrogen) atoms. The van der Waals surface area contributed by atoms with Crippen LogP contribution in [0.2, 0.25) is 0 Å². The highest BCUT2D eigenvalue weighted by atomic mass is 32.2. The molecule has 2 aromatic carbocycles. The Morgan fingerprint density at radius 1 is 1.08 bits per heavy atom. The quantitative estimate of drug-likeness (QED) is 0.341. The van der Waals surface area contributed by atoms with E-state index in [9.17, 15) is 18.2 Å². The maximum atomic E-state index is 15.5. The first-order chi connectivity index (χ1) is 17.7. The predicted molar refractivity (Wildman–Crippen MR) is 140 cm³/mol. The standard InChI is InChI=1S/C25H24F2N6O3S/c1-13-7-10-18(17(26)11-13)29-22-19-23(32(3)25(35)20(22)27)21(30-33(24(19)34)16-8-9-16)14-5-4-6-15(12-14)31-37(36)28-2/h4-7,10-12,16,28-29,31H,8-9H2,1-3H3. The summed E-state index contributed by atoms with van der Waals surface area (Å²) in [5, 5.41) is 7.13. The normalized spacial score (nSPS) is 14.1. The minimum absolute atomic E-state index is 0.0736. The lowest BCUT2D eigenvalue weighted by atomic mass is 10.1. The van der Waals surface area contributed by atoms with Crippen LogP contribution in [0, 0.1) is 18.6 Å². The van der Waals surface area contributed by atoms with Crippen molar-refractivity contribution in [1.82, 2.24) is 19.1 Å². The average Bonchev–Trinajstić information content (AvgIpc) is 3.72. The highest BCUT2D eigenvalue weighted by Crippen LogP contribution is 2.37. The average molecular weight is 527 g/mol. The summed E-state index contributed by atoms with van der Waals surface area (Å²) in [5.41, 5.74) is -0.0561. The SMILES string of the molecule is CNS(=O)Nc1cccc(-c2nn(C3CC3)c(=O)c3c(Nc4ccc(C)cc4F)c(F)c(=O)n(C)c23)c1. The first-order valence-electron chi connectivity index (χ1n) is 11.5. The molecule has 0 saturated heterocycles. The Bertz CT molecular complexity index is 1700. The van der Waals surface area contributed by atoms with Gasteiger partial charge < -0.3 is 9.88 Å². The van der Waals surface area contributed by atoms with Crippen LogP contribution in [0.1, 0.15) is 24.4 Å². The van der Waals surface area contributed by atoms with Crippen LogP contribution in [-0.4, -0.2) is 25.6 Å². The van der Waals surface area contributed by atoms with Crippen LogP contribution in [0.4, 0.5) is 25.8 Å². The summed E-state index contributed by atoms with van der Waals surface area (Å²) in [6, 6.07) is 10.9. The Kier molecular flexibility index (Phi) is 6.38. The smallest absolute Gasteiger partial charge is 0.289 e. The van der Waals surface area contributed by atoms with Gasteiger partial charge in [-0.15, -0.1) is 0 Å². The van der Waals surface area contributed by atoms with Crippen molar-refractivity contribution in [3.05, 3.63) is 80.4 Å². The topological polar surface area (TPSA) is 110 Å². The van der Waals surface area contributed by atoms with Gasteiger partial charge in [-0.1, -0.05) is 18.2 Å². The Morgan fingerprint density at radius 2 is 1.84 bits per heavy atom. The summed E-state index contributed by atoms with van der Waals surface area (Å²) < 4.78 is 49.8. The minimum atomic E-state index is -1.54. The van der Waals surface area contributed by atoms with E-state index in [0.717, 1.165) is 17.4 Å². The maximum Gasteiger partial charge on any atom is 0.289 e. The van der Waals surface area contributed by atoms with Gasteiger partial charge in [0.25, 0.3) is 11.1 Å². The van der Waals surface area contributed by atoms with Gasteiger partial charge >= 0.3 is 0 Å². The van der Waals surface area contributed by atoms with Crippen LogP contribution in [0.25, 0.3) is 22.2 Å². The number of benzene rings is 2. The number of hydrogen-bond donors (Lipinski definition) is 3. The Balaban J connectivity index is 1.82. The second-order valence-corrected chi connectivity index (χ2v) is 10.0. The van der Waals surface area contributed by atoms with Gasteiger partial charge in [0.2, 0.25) is 5.82 Å². The van der Waals surface area contributed by atoms with Crippen molar-refractivity contribution in [2.45, 2.75) is 25.8 Å². The first-order valence-corrected chi connectivity index (χ1v) is 12.7. The summed E-state index contributed by atoms with van der Waals surface area (Å²) in [4.78, 5) is 26.6. The molecule has 0 bridgehead atoms. The number of hydrogen-bond acceptors (Lipinski definition) is 5. The molecule has 2 heterocycles. The number of nitrogens with one attached hydrogen (secondary N) is 3. The van der Waals surface area contributed by atoms with Gasteiger partial charge in [-0.3, -0.25) is 14.3 Å². The third-order valence-corrected chi connectivity index (χ3v) is 6.99. The number of fused-ring (bicyclic) bond motifs is 1. The molecule has 2 aromatic heterocycles. The molecular formula is C25H24F2N6O3S. The summed E-state index contributed by atoms with van der Waals surface area (Å²) >= 11 is -1.54. The predicted octanol–water partition coefficient (Wildman–Crippen LogP) is 3.64. The molecule has 0 radical (unpaired) electrons. The Labute approximate surface area is 212 Å². The monoisotopic (exact) mass is 526 g/mol. The molecule has 192 valence electrons. The second-order valence-electron chi connectivity index (χ2n) is 8.87. The van der Waals surface area contributed by atoms with Gasteiger partial charge in [-0.25, -0.2) is 18.0 Å². The summed E-state index contributed by atoms with van der Waals surface area (Å²) in [6.45, 7) is 1.71. The van der Waals surface area contributed by atoms with Crippen molar-refractivity contribution in [3.8, 4) is 11.3 Å². The van der Waals surface area contributed by atoms with Gasteiger partial charge in [0.05, 0.1) is 28.3 Å². The molecule has 5 rings (SSSR count). The first kappa shape index (κ1) is 24.8. The zero-order valence-electron chi connectivity index (χ0n) is 20.3. The minimum Gasteiger partial charge on any atom is -0.350 e. The highest BCUT2D eigenvalue weighted by Gasteiger charge is 2.31. The molecule has 3 N–H and O–H groups in total. The van der Waals surface area contributed by atoms with E-state index in [0.29, 0.717) is 16.8 Å². The molecule has 1 saturated carbocycles. The van der Waals surface area contributed by atoms with Gasteiger partial charge in [-0.05, 0) is 56.6 Å². The van der Waals surface area contributed by atoms with Crippen molar-refractivity contribution in [1.29, 1.82) is 0 Å². The summed E-state index contributed by atoms with van der Waals surface area (Å²) in [5.74, 6) is -1.85. The number of pyridine rings is 1. The lowest BCUT2D eigenvalue weighted by Gasteiger charge is -2.18. The Hall–Kier alpha value is -3.90. The molecule has 0 amide bonds. The van der Waals surface area contributed by atoms with Crippen LogP contribution in [0.5, 0.6) is 0 Å². The van der Waals surface area contributed by atoms with Crippen molar-refractivity contribution < 1.29 is 13.0 Å². The van der Waals surface area contributed by atoms with Gasteiger partial charge in [0.1, 0.15) is 11.5 Å². The summed E-state index contributed by atoms with van der Waals surface area (Å²) in [6.07, 6.45) is 1.45. The van der Waals surface area contributed by atoms with Crippen LogP contribution >= 0.6 is 0 Å². The Morgan fingerprint density at radius 3 is 2.51 bits per heavy atom. The van der Waals surface area contributed by atoms with Crippen molar-refractivity contribution in [3.63, 3.8) is 0 Å². The number of halogens is 2. The number of rotatable bonds is 7. The number of aromatic nitrogens is 3. The van der Waals surface area contributed by atoms with E-state index in [1.54, 1.807) is 37.3 Å². The van der Waals surface area contributed by atoms with E-state index < -0.39 is 39.6 Å². The molecule has 1 atom stereocenters. The lowest BCUT2D eigenvalue weighted by molar-refractivity contribution is 0.590. The molecule has 1 aliphatic rings. The zero-order chi connectivity index (χ0) is 26.4. The van der Waals surface area contributed by atoms with Crippen LogP contribution in [0.3, 0.4) is 0 Å². The zero-order valence-corrected chi connectivity index (χ0v) is 21.1. The van der Waals surface area contributed by atoms with E-state index in [2.05, 4.69) is 19.9 Å². The van der Waals surface area contributed by atoms with E-state index >= 15 is 4.39 Å². The van der Waals surface area contributed by atoms with Crippen molar-refractivity contribution >= 4 is 39.1 Å². The molecule has 0 aliphatic heterocycles. The van der Waals surface area contributed by atoms with Crippen LogP contribution < -0.4 is 25.9 Å². The molecule has 4 aromatic rings. The van der Waals surface area contributed by atoms with Gasteiger partial charge in [0.15, 0.2) is 11.2 Å². The molecule has 12 heteroatoms. The highest BCUT2D eigenvalue weighted by molar-refractivity contribution is 7.84. The van der Waals surface area contributed by atoms with Gasteiger partial charge in [0, 0.05) is 18.3 Å². The fourth-order valence-corrected chi connectivity index (χ4v) is 4.62. The largest absolute Gasteiger partial charge is 0.350 e. The van der Waals surface area contributed by atoms with Crippen LogP contribution in [0.15, 0.2) is 52.1 Å². The number of nitrogens with zero attached hydrogens (tertiary/aromatic N) is 3. The molecule has 1 aliphatic carbocycles. The lowest BCUT2D eigenvalue weighted by Crippen LogP contribution is -2.30. The maximum absolute atomic E-state index is 15.5. The fraction of sp³-hybridized carbons (Fsp3) is 0.240.